The van der Waals surface area contributed by atoms with Crippen LogP contribution < -0.4 is 15.0 Å². The molecule has 0 aliphatic carbocycles. The van der Waals surface area contributed by atoms with Crippen LogP contribution in [0, 0.1) is 6.92 Å². The van der Waals surface area contributed by atoms with Gasteiger partial charge in [-0.1, -0.05) is 29.8 Å². The first-order valence-electron chi connectivity index (χ1n) is 10.3. The van der Waals surface area contributed by atoms with Gasteiger partial charge in [0, 0.05) is 37.4 Å². The van der Waals surface area contributed by atoms with E-state index in [-0.39, 0.29) is 11.8 Å². The van der Waals surface area contributed by atoms with Crippen molar-refractivity contribution >= 4 is 17.5 Å². The SMILES string of the molecule is Cc1ccc(-c2ccc(N3CCN(C(=O)Nc4ccc(OC(F)(F)F)cc4)CC3)nn2)cc1. The Bertz CT molecular complexity index is 1080. The van der Waals surface area contributed by atoms with Crippen LogP contribution in [0.15, 0.2) is 60.7 Å². The Labute approximate surface area is 188 Å². The Hall–Kier alpha value is -3.82. The van der Waals surface area contributed by atoms with E-state index < -0.39 is 6.36 Å². The van der Waals surface area contributed by atoms with Crippen LogP contribution in [0.25, 0.3) is 11.3 Å². The second-order valence-electron chi connectivity index (χ2n) is 7.62. The number of amides is 2. The zero-order chi connectivity index (χ0) is 23.4. The van der Waals surface area contributed by atoms with E-state index in [0.29, 0.717) is 31.9 Å². The first-order valence-corrected chi connectivity index (χ1v) is 10.3. The summed E-state index contributed by atoms with van der Waals surface area (Å²) in [7, 11) is 0. The summed E-state index contributed by atoms with van der Waals surface area (Å²) in [6.07, 6.45) is -4.75. The van der Waals surface area contributed by atoms with Crippen LogP contribution in [0.2, 0.25) is 0 Å². The number of aryl methyl sites for hydroxylation is 1. The second kappa shape index (κ2) is 9.35. The molecule has 0 radical (unpaired) electrons. The highest BCUT2D eigenvalue weighted by atomic mass is 19.4. The molecular formula is C23H22F3N5O2. The number of carbonyl (C=O) groups excluding carboxylic acids is 1. The molecule has 1 aliphatic rings. The molecule has 1 fully saturated rings. The fourth-order valence-electron chi connectivity index (χ4n) is 3.45. The van der Waals surface area contributed by atoms with Gasteiger partial charge in [-0.25, -0.2) is 4.79 Å². The van der Waals surface area contributed by atoms with Crippen molar-refractivity contribution in [2.24, 2.45) is 0 Å². The molecule has 7 nitrogen and oxygen atoms in total. The zero-order valence-corrected chi connectivity index (χ0v) is 17.8. The highest BCUT2D eigenvalue weighted by molar-refractivity contribution is 5.89. The molecule has 1 aromatic heterocycles. The van der Waals surface area contributed by atoms with Gasteiger partial charge in [0.2, 0.25) is 0 Å². The standard InChI is InChI=1S/C23H22F3N5O2/c1-16-2-4-17(5-3-16)20-10-11-21(29-28-20)30-12-14-31(15-13-30)22(32)27-18-6-8-19(9-7-18)33-23(24,25)26/h2-11H,12-15H2,1H3,(H,27,32). The van der Waals surface area contributed by atoms with Gasteiger partial charge in [-0.2, -0.15) is 0 Å². The van der Waals surface area contributed by atoms with Gasteiger partial charge < -0.3 is 19.9 Å². The van der Waals surface area contributed by atoms with E-state index >= 15 is 0 Å². The normalized spacial score (nSPS) is 14.2. The third kappa shape index (κ3) is 5.91. The number of halogens is 3. The van der Waals surface area contributed by atoms with Gasteiger partial charge in [-0.05, 0) is 43.3 Å². The lowest BCUT2D eigenvalue weighted by molar-refractivity contribution is -0.274. The zero-order valence-electron chi connectivity index (χ0n) is 17.8. The van der Waals surface area contributed by atoms with Gasteiger partial charge >= 0.3 is 12.4 Å². The summed E-state index contributed by atoms with van der Waals surface area (Å²) in [5.41, 5.74) is 3.36. The maximum atomic E-state index is 12.5. The maximum Gasteiger partial charge on any atom is 0.573 e. The molecule has 1 N–H and O–H groups in total. The molecule has 1 aliphatic heterocycles. The van der Waals surface area contributed by atoms with Crippen LogP contribution in [-0.4, -0.2) is 53.7 Å². The van der Waals surface area contributed by atoms with Crippen molar-refractivity contribution < 1.29 is 22.7 Å². The van der Waals surface area contributed by atoms with Gasteiger partial charge in [-0.3, -0.25) is 0 Å². The second-order valence-corrected chi connectivity index (χ2v) is 7.62. The molecule has 1 saturated heterocycles. The van der Waals surface area contributed by atoms with Gasteiger partial charge in [0.15, 0.2) is 5.82 Å². The number of alkyl halides is 3. The number of benzene rings is 2. The number of nitrogens with zero attached hydrogens (tertiary/aromatic N) is 4. The predicted molar refractivity (Wildman–Crippen MR) is 118 cm³/mol. The van der Waals surface area contributed by atoms with Crippen LogP contribution in [0.3, 0.4) is 0 Å². The maximum absolute atomic E-state index is 12.5. The Balaban J connectivity index is 1.29. The number of nitrogens with one attached hydrogen (secondary N) is 1. The van der Waals surface area contributed by atoms with Crippen LogP contribution in [-0.2, 0) is 0 Å². The van der Waals surface area contributed by atoms with Crippen molar-refractivity contribution in [3.05, 3.63) is 66.2 Å². The minimum Gasteiger partial charge on any atom is -0.406 e. The van der Waals surface area contributed by atoms with E-state index in [1.54, 1.807) is 4.90 Å². The molecule has 4 rings (SSSR count). The van der Waals surface area contributed by atoms with Crippen LogP contribution >= 0.6 is 0 Å². The molecule has 10 heteroatoms. The van der Waals surface area contributed by atoms with Gasteiger partial charge in [0.25, 0.3) is 0 Å². The first kappa shape index (κ1) is 22.4. The van der Waals surface area contributed by atoms with Crippen molar-refractivity contribution in [2.45, 2.75) is 13.3 Å². The number of piperazine rings is 1. The Kier molecular flexibility index (Phi) is 6.34. The van der Waals surface area contributed by atoms with Crippen molar-refractivity contribution in [1.82, 2.24) is 15.1 Å². The first-order chi connectivity index (χ1) is 15.8. The lowest BCUT2D eigenvalue weighted by atomic mass is 10.1. The van der Waals surface area contributed by atoms with Gasteiger partial charge in [0.1, 0.15) is 5.75 Å². The van der Waals surface area contributed by atoms with E-state index in [2.05, 4.69) is 25.2 Å². The number of rotatable bonds is 4. The highest BCUT2D eigenvalue weighted by Gasteiger charge is 2.31. The molecule has 0 spiro atoms. The van der Waals surface area contributed by atoms with Crippen molar-refractivity contribution in [3.63, 3.8) is 0 Å². The fourth-order valence-corrected chi connectivity index (χ4v) is 3.45. The van der Waals surface area contributed by atoms with Crippen LogP contribution in [0.1, 0.15) is 5.56 Å². The van der Waals surface area contributed by atoms with E-state index in [4.69, 9.17) is 0 Å². The van der Waals surface area contributed by atoms with Gasteiger partial charge in [-0.15, -0.1) is 23.4 Å². The molecule has 33 heavy (non-hydrogen) atoms. The largest absolute Gasteiger partial charge is 0.573 e. The topological polar surface area (TPSA) is 70.6 Å². The number of hydrogen-bond acceptors (Lipinski definition) is 5. The number of anilines is 2. The van der Waals surface area contributed by atoms with E-state index in [1.165, 1.54) is 17.7 Å². The summed E-state index contributed by atoms with van der Waals surface area (Å²) in [5, 5.41) is 11.4. The number of ether oxygens (including phenoxy) is 1. The predicted octanol–water partition coefficient (Wildman–Crippen LogP) is 4.70. The summed E-state index contributed by atoms with van der Waals surface area (Å²) in [6, 6.07) is 16.6. The quantitative estimate of drug-likeness (QED) is 0.615. The summed E-state index contributed by atoms with van der Waals surface area (Å²) in [6.45, 7) is 4.15. The van der Waals surface area contributed by atoms with Crippen molar-refractivity contribution in [2.75, 3.05) is 36.4 Å². The fraction of sp³-hybridized carbons (Fsp3) is 0.261. The minimum atomic E-state index is -4.75. The van der Waals surface area contributed by atoms with Gasteiger partial charge in [0.05, 0.1) is 5.69 Å². The molecule has 0 bridgehead atoms. The Morgan fingerprint density at radius 1 is 0.909 bits per heavy atom. The van der Waals surface area contributed by atoms with Crippen molar-refractivity contribution in [3.8, 4) is 17.0 Å². The molecule has 0 atom stereocenters. The van der Waals surface area contributed by atoms with Crippen LogP contribution in [0.4, 0.5) is 29.5 Å². The summed E-state index contributed by atoms with van der Waals surface area (Å²) in [4.78, 5) is 16.2. The Morgan fingerprint density at radius 3 is 2.15 bits per heavy atom. The highest BCUT2D eigenvalue weighted by Crippen LogP contribution is 2.24. The van der Waals surface area contributed by atoms with Crippen molar-refractivity contribution in [1.29, 1.82) is 0 Å². The molecule has 172 valence electrons. The summed E-state index contributed by atoms with van der Waals surface area (Å²) in [5.74, 6) is 0.398. The minimum absolute atomic E-state index is 0.319. The number of urea groups is 1. The lowest BCUT2D eigenvalue weighted by Crippen LogP contribution is -2.50. The smallest absolute Gasteiger partial charge is 0.406 e. The summed E-state index contributed by atoms with van der Waals surface area (Å²) >= 11 is 0. The third-order valence-corrected chi connectivity index (χ3v) is 5.23. The third-order valence-electron chi connectivity index (χ3n) is 5.23. The molecule has 2 heterocycles. The molecular weight excluding hydrogens is 435 g/mol. The lowest BCUT2D eigenvalue weighted by Gasteiger charge is -2.35. The molecule has 3 aromatic rings. The summed E-state index contributed by atoms with van der Waals surface area (Å²) < 4.78 is 40.6. The van der Waals surface area contributed by atoms with Crippen LogP contribution in [0.5, 0.6) is 5.75 Å². The van der Waals surface area contributed by atoms with E-state index in [9.17, 15) is 18.0 Å². The molecule has 2 aromatic carbocycles. The monoisotopic (exact) mass is 457 g/mol. The number of carbonyl (C=O) groups is 1. The molecule has 0 saturated carbocycles. The molecule has 2 amide bonds. The number of hydrogen-bond donors (Lipinski definition) is 1. The molecule has 0 unspecified atom stereocenters. The van der Waals surface area contributed by atoms with E-state index in [0.717, 1.165) is 29.2 Å². The number of aromatic nitrogens is 2. The van der Waals surface area contributed by atoms with E-state index in [1.807, 2.05) is 43.3 Å². The average molecular weight is 457 g/mol. The Morgan fingerprint density at radius 2 is 1.58 bits per heavy atom. The average Bonchev–Trinajstić information content (AvgIpc) is 2.80.